The normalized spacial score (nSPS) is 36.7. The summed E-state index contributed by atoms with van der Waals surface area (Å²) in [6.07, 6.45) is 4.76. The van der Waals surface area contributed by atoms with Crippen molar-refractivity contribution in [3.63, 3.8) is 0 Å². The van der Waals surface area contributed by atoms with E-state index >= 15 is 0 Å². The van der Waals surface area contributed by atoms with E-state index in [4.69, 9.17) is 30.1 Å². The van der Waals surface area contributed by atoms with Gasteiger partial charge in [0.1, 0.15) is 24.1 Å². The Balaban J connectivity index is 1.96. The highest BCUT2D eigenvalue weighted by Crippen LogP contribution is 2.46. The molecular formula is C20H24O6. The van der Waals surface area contributed by atoms with Crippen molar-refractivity contribution >= 4 is 6.29 Å². The standard InChI is InChI=1S/C20H24O6/c1-4-8-15-19(22-2)25-16-13-24-18(14-9-6-5-7-10-14)26-17(16)20(15,23-3)11-12-21/h1,5-7,9-10,12,15-19H,8,11,13H2,2-3H3/t15-,16+,17+,18+,19-,20-/m0/s1. The van der Waals surface area contributed by atoms with E-state index in [1.807, 2.05) is 30.3 Å². The lowest BCUT2D eigenvalue weighted by Gasteiger charge is -2.55. The Bertz CT molecular complexity index is 641. The van der Waals surface area contributed by atoms with Gasteiger partial charge in [-0.25, -0.2) is 0 Å². The topological polar surface area (TPSA) is 63.2 Å². The van der Waals surface area contributed by atoms with Crippen LogP contribution >= 0.6 is 0 Å². The van der Waals surface area contributed by atoms with Gasteiger partial charge in [-0.2, -0.15) is 0 Å². The van der Waals surface area contributed by atoms with E-state index < -0.39 is 30.4 Å². The summed E-state index contributed by atoms with van der Waals surface area (Å²) in [5.41, 5.74) is -0.0569. The van der Waals surface area contributed by atoms with E-state index in [1.165, 1.54) is 0 Å². The van der Waals surface area contributed by atoms with Crippen LogP contribution in [0.1, 0.15) is 24.7 Å². The second-order valence-electron chi connectivity index (χ2n) is 6.46. The molecule has 2 saturated heterocycles. The quantitative estimate of drug-likeness (QED) is 0.572. The van der Waals surface area contributed by atoms with Crippen molar-refractivity contribution in [1.82, 2.24) is 0 Å². The van der Waals surface area contributed by atoms with Crippen molar-refractivity contribution in [1.29, 1.82) is 0 Å². The van der Waals surface area contributed by atoms with Crippen molar-refractivity contribution in [2.24, 2.45) is 5.92 Å². The molecule has 1 aromatic carbocycles. The fraction of sp³-hybridized carbons (Fsp3) is 0.550. The van der Waals surface area contributed by atoms with Gasteiger partial charge in [0, 0.05) is 32.6 Å². The smallest absolute Gasteiger partial charge is 0.184 e. The summed E-state index contributed by atoms with van der Waals surface area (Å²) in [5.74, 6) is 2.30. The third-order valence-corrected chi connectivity index (χ3v) is 5.19. The second kappa shape index (κ2) is 8.30. The lowest BCUT2D eigenvalue weighted by atomic mass is 9.73. The fourth-order valence-electron chi connectivity index (χ4n) is 3.93. The molecule has 3 rings (SSSR count). The average molecular weight is 360 g/mol. The maximum atomic E-state index is 11.5. The highest BCUT2D eigenvalue weighted by Gasteiger charge is 2.59. The first-order valence-electron chi connectivity index (χ1n) is 8.62. The van der Waals surface area contributed by atoms with Gasteiger partial charge in [0.05, 0.1) is 12.5 Å². The Morgan fingerprint density at radius 1 is 1.31 bits per heavy atom. The molecule has 6 heteroatoms. The van der Waals surface area contributed by atoms with Crippen molar-refractivity contribution in [3.8, 4) is 12.3 Å². The first-order chi connectivity index (χ1) is 12.7. The molecule has 0 saturated carbocycles. The first-order valence-corrected chi connectivity index (χ1v) is 8.62. The maximum Gasteiger partial charge on any atom is 0.184 e. The summed E-state index contributed by atoms with van der Waals surface area (Å²) in [6.45, 7) is 0.302. The van der Waals surface area contributed by atoms with E-state index in [2.05, 4.69) is 5.92 Å². The number of terminal acetylenes is 1. The van der Waals surface area contributed by atoms with E-state index in [9.17, 15) is 4.79 Å². The van der Waals surface area contributed by atoms with Gasteiger partial charge < -0.3 is 28.5 Å². The molecule has 2 aliphatic heterocycles. The number of rotatable bonds is 6. The molecule has 0 aliphatic carbocycles. The van der Waals surface area contributed by atoms with Crippen molar-refractivity contribution in [3.05, 3.63) is 35.9 Å². The molecule has 2 fully saturated rings. The number of fused-ring (bicyclic) bond motifs is 1. The molecule has 2 aliphatic rings. The Morgan fingerprint density at radius 2 is 2.08 bits per heavy atom. The zero-order chi connectivity index (χ0) is 18.6. The van der Waals surface area contributed by atoms with Gasteiger partial charge in [0.15, 0.2) is 12.6 Å². The summed E-state index contributed by atoms with van der Waals surface area (Å²) >= 11 is 0. The minimum atomic E-state index is -0.950. The molecule has 140 valence electrons. The number of hydrogen-bond donors (Lipinski definition) is 0. The van der Waals surface area contributed by atoms with Crippen LogP contribution in [0.3, 0.4) is 0 Å². The van der Waals surface area contributed by atoms with E-state index in [0.717, 1.165) is 11.8 Å². The predicted octanol–water partition coefficient (Wildman–Crippen LogP) is 2.09. The lowest BCUT2D eigenvalue weighted by Crippen LogP contribution is -2.67. The zero-order valence-corrected chi connectivity index (χ0v) is 15.0. The molecule has 6 atom stereocenters. The van der Waals surface area contributed by atoms with Crippen LogP contribution in [0.2, 0.25) is 0 Å². The van der Waals surface area contributed by atoms with Gasteiger partial charge in [-0.1, -0.05) is 30.3 Å². The highest BCUT2D eigenvalue weighted by molar-refractivity contribution is 5.52. The zero-order valence-electron chi connectivity index (χ0n) is 15.0. The van der Waals surface area contributed by atoms with Gasteiger partial charge in [0.25, 0.3) is 0 Å². The van der Waals surface area contributed by atoms with Crippen molar-refractivity contribution in [2.75, 3.05) is 20.8 Å². The molecule has 0 bridgehead atoms. The average Bonchev–Trinajstić information content (AvgIpc) is 2.70. The number of aldehydes is 1. The van der Waals surface area contributed by atoms with Gasteiger partial charge >= 0.3 is 0 Å². The van der Waals surface area contributed by atoms with Gasteiger partial charge in [-0.05, 0) is 0 Å². The first kappa shape index (κ1) is 19.0. The van der Waals surface area contributed by atoms with Crippen LogP contribution in [0.4, 0.5) is 0 Å². The summed E-state index contributed by atoms with van der Waals surface area (Å²) < 4.78 is 29.5. The largest absolute Gasteiger partial charge is 0.374 e. The van der Waals surface area contributed by atoms with Gasteiger partial charge in [-0.15, -0.1) is 12.3 Å². The number of carbonyl (C=O) groups excluding carboxylic acids is 1. The minimum absolute atomic E-state index is 0.127. The Kier molecular flexibility index (Phi) is 6.07. The van der Waals surface area contributed by atoms with Crippen LogP contribution < -0.4 is 0 Å². The van der Waals surface area contributed by atoms with E-state index in [0.29, 0.717) is 13.0 Å². The fourth-order valence-corrected chi connectivity index (χ4v) is 3.93. The lowest BCUT2D eigenvalue weighted by molar-refractivity contribution is -0.377. The van der Waals surface area contributed by atoms with E-state index in [1.54, 1.807) is 14.2 Å². The number of carbonyl (C=O) groups is 1. The van der Waals surface area contributed by atoms with Crippen LogP contribution in [0.25, 0.3) is 0 Å². The number of ether oxygens (including phenoxy) is 5. The molecule has 2 heterocycles. The summed E-state index contributed by atoms with van der Waals surface area (Å²) in [4.78, 5) is 11.5. The van der Waals surface area contributed by atoms with Crippen LogP contribution in [-0.2, 0) is 28.5 Å². The summed E-state index contributed by atoms with van der Waals surface area (Å²) in [5, 5.41) is 0. The number of methoxy groups -OCH3 is 2. The van der Waals surface area contributed by atoms with E-state index in [-0.39, 0.29) is 12.3 Å². The highest BCUT2D eigenvalue weighted by atomic mass is 16.7. The van der Waals surface area contributed by atoms with Gasteiger partial charge in [0.2, 0.25) is 0 Å². The SMILES string of the molecule is C#CC[C@H]1[C@@H](OC)O[C@@H]2CO[C@@H](c3ccccc3)O[C@H]2[C@@]1(CC=O)OC. The van der Waals surface area contributed by atoms with Crippen LogP contribution in [-0.4, -0.2) is 51.2 Å². The van der Waals surface area contributed by atoms with Crippen LogP contribution in [0, 0.1) is 18.3 Å². The third-order valence-electron chi connectivity index (χ3n) is 5.19. The molecule has 0 N–H and O–H groups in total. The third kappa shape index (κ3) is 3.29. The predicted molar refractivity (Wildman–Crippen MR) is 93.0 cm³/mol. The molecule has 26 heavy (non-hydrogen) atoms. The molecule has 1 aromatic rings. The summed E-state index contributed by atoms with van der Waals surface area (Å²) in [6, 6.07) is 9.63. The Hall–Kier alpha value is -1.75. The number of benzene rings is 1. The second-order valence-corrected chi connectivity index (χ2v) is 6.46. The maximum absolute atomic E-state index is 11.5. The molecule has 6 nitrogen and oxygen atoms in total. The molecule has 0 amide bonds. The summed E-state index contributed by atoms with van der Waals surface area (Å²) in [7, 11) is 3.12. The Labute approximate surface area is 153 Å². The Morgan fingerprint density at radius 3 is 2.69 bits per heavy atom. The molecule has 0 unspecified atom stereocenters. The molecule has 0 radical (unpaired) electrons. The monoisotopic (exact) mass is 360 g/mol. The minimum Gasteiger partial charge on any atom is -0.374 e. The van der Waals surface area contributed by atoms with Crippen molar-refractivity contribution in [2.45, 2.75) is 43.2 Å². The van der Waals surface area contributed by atoms with Crippen LogP contribution in [0.15, 0.2) is 30.3 Å². The van der Waals surface area contributed by atoms with Crippen LogP contribution in [0.5, 0.6) is 0 Å². The van der Waals surface area contributed by atoms with Gasteiger partial charge in [-0.3, -0.25) is 0 Å². The molecule has 0 aromatic heterocycles. The molecule has 0 spiro atoms. The number of hydrogen-bond acceptors (Lipinski definition) is 6. The molecular weight excluding hydrogens is 336 g/mol. The van der Waals surface area contributed by atoms with Crippen molar-refractivity contribution < 1.29 is 28.5 Å².